The summed E-state index contributed by atoms with van der Waals surface area (Å²) in [6, 6.07) is 19.7. The molecule has 24 heavy (non-hydrogen) atoms. The molecule has 4 aromatic rings. The highest BCUT2D eigenvalue weighted by molar-refractivity contribution is 5.98. The van der Waals surface area contributed by atoms with Crippen LogP contribution in [0.1, 0.15) is 23.2 Å². The van der Waals surface area contributed by atoms with Gasteiger partial charge in [0.05, 0.1) is 0 Å². The van der Waals surface area contributed by atoms with Gasteiger partial charge in [0.1, 0.15) is 17.0 Å². The lowest BCUT2D eigenvalue weighted by Gasteiger charge is -2.11. The Morgan fingerprint density at radius 3 is 2.62 bits per heavy atom. The summed E-state index contributed by atoms with van der Waals surface area (Å²) in [4.78, 5) is 15.6. The average molecular weight is 318 g/mol. The predicted molar refractivity (Wildman–Crippen MR) is 95.1 cm³/mol. The Morgan fingerprint density at radius 1 is 1.08 bits per heavy atom. The van der Waals surface area contributed by atoms with E-state index in [1.165, 1.54) is 0 Å². The van der Waals surface area contributed by atoms with Gasteiger partial charge in [-0.1, -0.05) is 36.4 Å². The summed E-state index contributed by atoms with van der Waals surface area (Å²) in [7, 11) is 0. The second kappa shape index (κ2) is 5.89. The van der Waals surface area contributed by atoms with Gasteiger partial charge in [0, 0.05) is 28.8 Å². The van der Waals surface area contributed by atoms with E-state index < -0.39 is 0 Å². The molecule has 1 amide bonds. The van der Waals surface area contributed by atoms with Gasteiger partial charge in [-0.3, -0.25) is 4.79 Å². The number of para-hydroxylation sites is 2. The summed E-state index contributed by atoms with van der Waals surface area (Å²) in [5.41, 5.74) is 2.42. The second-order valence-electron chi connectivity index (χ2n) is 6.10. The van der Waals surface area contributed by atoms with Crippen molar-refractivity contribution in [2.24, 2.45) is 0 Å². The first-order valence-corrected chi connectivity index (χ1v) is 8.05. The fraction of sp³-hybridized carbons (Fsp3) is 0.150. The second-order valence-corrected chi connectivity index (χ2v) is 6.10. The summed E-state index contributed by atoms with van der Waals surface area (Å²) in [5.74, 6) is 0.774. The lowest BCUT2D eigenvalue weighted by molar-refractivity contribution is 0.0935. The summed E-state index contributed by atoms with van der Waals surface area (Å²) in [5, 5.41) is 5.14. The molecule has 0 aliphatic heterocycles. The number of furan rings is 1. The van der Waals surface area contributed by atoms with Crippen LogP contribution in [0.2, 0.25) is 0 Å². The maximum atomic E-state index is 12.4. The van der Waals surface area contributed by atoms with Crippen molar-refractivity contribution in [3.8, 4) is 0 Å². The largest absolute Gasteiger partial charge is 0.461 e. The molecule has 0 aliphatic carbocycles. The number of carbonyl (C=O) groups excluding carboxylic acids is 1. The first kappa shape index (κ1) is 14.6. The molecule has 0 fully saturated rings. The Bertz CT molecular complexity index is 947. The standard InChI is InChI=1S/C20H18N2O2/c1-13(10-16-11-15-7-3-5-9-19(15)24-16)21-20(23)18-12-14-6-2-4-8-17(14)22-18/h2-9,11-13,22H,10H2,1H3,(H,21,23)/t13-/m1/s1. The summed E-state index contributed by atoms with van der Waals surface area (Å²) >= 11 is 0. The van der Waals surface area contributed by atoms with Gasteiger partial charge in [0.15, 0.2) is 0 Å². The third-order valence-electron chi connectivity index (χ3n) is 4.14. The number of benzene rings is 2. The maximum absolute atomic E-state index is 12.4. The van der Waals surface area contributed by atoms with Crippen LogP contribution >= 0.6 is 0 Å². The van der Waals surface area contributed by atoms with Crippen LogP contribution in [0.4, 0.5) is 0 Å². The molecule has 4 nitrogen and oxygen atoms in total. The van der Waals surface area contributed by atoms with Crippen molar-refractivity contribution in [1.29, 1.82) is 0 Å². The zero-order valence-corrected chi connectivity index (χ0v) is 13.4. The molecule has 0 radical (unpaired) electrons. The molecule has 2 N–H and O–H groups in total. The lowest BCUT2D eigenvalue weighted by Crippen LogP contribution is -2.34. The molecule has 2 aromatic heterocycles. The molecule has 0 spiro atoms. The van der Waals surface area contributed by atoms with Gasteiger partial charge in [-0.2, -0.15) is 0 Å². The molecule has 0 saturated carbocycles. The number of H-pyrrole nitrogens is 1. The van der Waals surface area contributed by atoms with Crippen molar-refractivity contribution in [2.75, 3.05) is 0 Å². The molecule has 120 valence electrons. The highest BCUT2D eigenvalue weighted by Gasteiger charge is 2.14. The zero-order valence-electron chi connectivity index (χ0n) is 13.4. The third-order valence-corrected chi connectivity index (χ3v) is 4.14. The van der Waals surface area contributed by atoms with Gasteiger partial charge in [-0.15, -0.1) is 0 Å². The van der Waals surface area contributed by atoms with Crippen LogP contribution < -0.4 is 5.32 Å². The molecule has 4 heteroatoms. The minimum absolute atomic E-state index is 0.0236. The van der Waals surface area contributed by atoms with Crippen molar-refractivity contribution in [3.63, 3.8) is 0 Å². The molecule has 0 unspecified atom stereocenters. The van der Waals surface area contributed by atoms with E-state index in [4.69, 9.17) is 4.42 Å². The van der Waals surface area contributed by atoms with E-state index in [0.29, 0.717) is 12.1 Å². The SMILES string of the molecule is C[C@H](Cc1cc2ccccc2o1)NC(=O)c1cc2ccccc2[nH]1. The molecule has 0 aliphatic rings. The Morgan fingerprint density at radius 2 is 1.83 bits per heavy atom. The van der Waals surface area contributed by atoms with E-state index in [9.17, 15) is 4.79 Å². The Kier molecular flexibility index (Phi) is 3.58. The topological polar surface area (TPSA) is 58.0 Å². The Balaban J connectivity index is 1.46. The lowest BCUT2D eigenvalue weighted by atomic mass is 10.1. The number of hydrogen-bond donors (Lipinski definition) is 2. The Labute approximate surface area is 139 Å². The molecular formula is C20H18N2O2. The summed E-state index contributed by atoms with van der Waals surface area (Å²) < 4.78 is 5.81. The van der Waals surface area contributed by atoms with E-state index in [1.54, 1.807) is 0 Å². The minimum Gasteiger partial charge on any atom is -0.461 e. The van der Waals surface area contributed by atoms with Crippen LogP contribution in [0, 0.1) is 0 Å². The number of carbonyl (C=O) groups is 1. The van der Waals surface area contributed by atoms with Crippen molar-refractivity contribution >= 4 is 27.8 Å². The smallest absolute Gasteiger partial charge is 0.267 e. The number of fused-ring (bicyclic) bond motifs is 2. The molecule has 2 heterocycles. The van der Waals surface area contributed by atoms with Crippen molar-refractivity contribution in [1.82, 2.24) is 10.3 Å². The van der Waals surface area contributed by atoms with Gasteiger partial charge in [0.25, 0.3) is 5.91 Å². The van der Waals surface area contributed by atoms with Crippen LogP contribution in [0.15, 0.2) is 65.1 Å². The first-order chi connectivity index (χ1) is 11.7. The van der Waals surface area contributed by atoms with Crippen LogP contribution in [0.25, 0.3) is 21.9 Å². The van der Waals surface area contributed by atoms with E-state index >= 15 is 0 Å². The number of amides is 1. The van der Waals surface area contributed by atoms with Crippen LogP contribution in [-0.4, -0.2) is 16.9 Å². The average Bonchev–Trinajstić information content (AvgIpc) is 3.17. The normalized spacial score (nSPS) is 12.5. The fourth-order valence-corrected chi connectivity index (χ4v) is 2.99. The summed E-state index contributed by atoms with van der Waals surface area (Å²) in [6.45, 7) is 1.98. The van der Waals surface area contributed by atoms with Crippen LogP contribution in [0.5, 0.6) is 0 Å². The molecule has 1 atom stereocenters. The molecule has 4 rings (SSSR count). The Hall–Kier alpha value is -3.01. The van der Waals surface area contributed by atoms with Crippen molar-refractivity contribution < 1.29 is 9.21 Å². The van der Waals surface area contributed by atoms with Crippen molar-refractivity contribution in [3.05, 3.63) is 72.1 Å². The highest BCUT2D eigenvalue weighted by Crippen LogP contribution is 2.20. The first-order valence-electron chi connectivity index (χ1n) is 8.05. The van der Waals surface area contributed by atoms with Crippen molar-refractivity contribution in [2.45, 2.75) is 19.4 Å². The third kappa shape index (κ3) is 2.78. The number of aromatic nitrogens is 1. The van der Waals surface area contributed by atoms with E-state index in [1.807, 2.05) is 67.6 Å². The molecule has 2 aromatic carbocycles. The fourth-order valence-electron chi connectivity index (χ4n) is 2.99. The van der Waals surface area contributed by atoms with Gasteiger partial charge in [-0.05, 0) is 31.2 Å². The van der Waals surface area contributed by atoms with Gasteiger partial charge in [-0.25, -0.2) is 0 Å². The van der Waals surface area contributed by atoms with Gasteiger partial charge < -0.3 is 14.7 Å². The molecule has 0 saturated heterocycles. The summed E-state index contributed by atoms with van der Waals surface area (Å²) in [6.07, 6.45) is 0.653. The zero-order chi connectivity index (χ0) is 16.5. The van der Waals surface area contributed by atoms with E-state index in [0.717, 1.165) is 27.6 Å². The van der Waals surface area contributed by atoms with Crippen LogP contribution in [0.3, 0.4) is 0 Å². The highest BCUT2D eigenvalue weighted by atomic mass is 16.3. The number of hydrogen-bond acceptors (Lipinski definition) is 2. The van der Waals surface area contributed by atoms with Crippen LogP contribution in [-0.2, 0) is 6.42 Å². The predicted octanol–water partition coefficient (Wildman–Crippen LogP) is 4.28. The number of aromatic amines is 1. The van der Waals surface area contributed by atoms with E-state index in [-0.39, 0.29) is 11.9 Å². The monoisotopic (exact) mass is 318 g/mol. The minimum atomic E-state index is -0.102. The number of rotatable bonds is 4. The molecule has 0 bridgehead atoms. The molecular weight excluding hydrogens is 300 g/mol. The quantitative estimate of drug-likeness (QED) is 0.590. The van der Waals surface area contributed by atoms with E-state index in [2.05, 4.69) is 10.3 Å². The maximum Gasteiger partial charge on any atom is 0.267 e. The van der Waals surface area contributed by atoms with Gasteiger partial charge >= 0.3 is 0 Å². The van der Waals surface area contributed by atoms with Gasteiger partial charge in [0.2, 0.25) is 0 Å². The number of nitrogens with one attached hydrogen (secondary N) is 2.